The summed E-state index contributed by atoms with van der Waals surface area (Å²) in [4.78, 5) is 0.143. The van der Waals surface area contributed by atoms with Gasteiger partial charge in [0.1, 0.15) is 10.6 Å². The van der Waals surface area contributed by atoms with Crippen LogP contribution in [0.25, 0.3) is 0 Å². The number of methoxy groups -OCH3 is 1. The molecular weight excluding hydrogens is 358 g/mol. The molecule has 2 aromatic rings. The largest absolute Gasteiger partial charge is 0.495 e. The molecule has 0 spiro atoms. The van der Waals surface area contributed by atoms with Crippen LogP contribution in [0.1, 0.15) is 18.4 Å². The van der Waals surface area contributed by atoms with E-state index in [-0.39, 0.29) is 4.90 Å². The molecular formula is C19H22ClNO3S. The van der Waals surface area contributed by atoms with Crippen LogP contribution in [0.5, 0.6) is 5.75 Å². The van der Waals surface area contributed by atoms with Crippen molar-refractivity contribution in [1.82, 2.24) is 4.31 Å². The summed E-state index contributed by atoms with van der Waals surface area (Å²) < 4.78 is 32.7. The smallest absolute Gasteiger partial charge is 0.246 e. The highest BCUT2D eigenvalue weighted by atomic mass is 35.5. The quantitative estimate of drug-likeness (QED) is 0.789. The van der Waals surface area contributed by atoms with E-state index in [2.05, 4.69) is 12.1 Å². The van der Waals surface area contributed by atoms with Crippen LogP contribution in [-0.2, 0) is 16.4 Å². The zero-order chi connectivity index (χ0) is 17.9. The van der Waals surface area contributed by atoms with Crippen molar-refractivity contribution in [3.8, 4) is 5.75 Å². The fourth-order valence-electron chi connectivity index (χ4n) is 3.29. The molecule has 2 aromatic carbocycles. The van der Waals surface area contributed by atoms with Crippen LogP contribution < -0.4 is 4.74 Å². The summed E-state index contributed by atoms with van der Waals surface area (Å²) in [5, 5.41) is 0.387. The lowest BCUT2D eigenvalue weighted by atomic mass is 9.91. The summed E-state index contributed by atoms with van der Waals surface area (Å²) in [6.45, 7) is 1.05. The number of rotatable bonds is 5. The highest BCUT2D eigenvalue weighted by Crippen LogP contribution is 2.32. The maximum Gasteiger partial charge on any atom is 0.246 e. The first-order chi connectivity index (χ1) is 12.0. The van der Waals surface area contributed by atoms with Crippen molar-refractivity contribution in [3.63, 3.8) is 0 Å². The van der Waals surface area contributed by atoms with Gasteiger partial charge in [-0.1, -0.05) is 41.9 Å². The van der Waals surface area contributed by atoms with Crippen molar-refractivity contribution < 1.29 is 13.2 Å². The minimum Gasteiger partial charge on any atom is -0.495 e. The van der Waals surface area contributed by atoms with Gasteiger partial charge in [0, 0.05) is 18.1 Å². The van der Waals surface area contributed by atoms with Crippen LogP contribution >= 0.6 is 11.6 Å². The predicted octanol–water partition coefficient (Wildman–Crippen LogP) is 3.99. The summed E-state index contributed by atoms with van der Waals surface area (Å²) in [7, 11) is -2.13. The van der Waals surface area contributed by atoms with Crippen molar-refractivity contribution in [2.24, 2.45) is 5.92 Å². The lowest BCUT2D eigenvalue weighted by Gasteiger charge is -2.31. The second-order valence-electron chi connectivity index (χ2n) is 6.33. The summed E-state index contributed by atoms with van der Waals surface area (Å²) in [6.07, 6.45) is 2.71. The molecule has 0 amide bonds. The van der Waals surface area contributed by atoms with E-state index in [1.807, 2.05) is 18.2 Å². The minimum atomic E-state index is -3.60. The van der Waals surface area contributed by atoms with Crippen LogP contribution in [-0.4, -0.2) is 32.9 Å². The topological polar surface area (TPSA) is 46.6 Å². The fourth-order valence-corrected chi connectivity index (χ4v) is 5.18. The summed E-state index contributed by atoms with van der Waals surface area (Å²) >= 11 is 5.99. The Labute approximate surface area is 154 Å². The molecule has 0 aromatic heterocycles. The van der Waals surface area contributed by atoms with Crippen molar-refractivity contribution in [1.29, 1.82) is 0 Å². The Bertz CT molecular complexity index is 816. The number of sulfonamides is 1. The first kappa shape index (κ1) is 18.2. The van der Waals surface area contributed by atoms with E-state index < -0.39 is 10.0 Å². The molecule has 25 heavy (non-hydrogen) atoms. The first-order valence-corrected chi connectivity index (χ1v) is 10.2. The van der Waals surface area contributed by atoms with E-state index >= 15 is 0 Å². The molecule has 0 aliphatic carbocycles. The Morgan fingerprint density at radius 2 is 1.80 bits per heavy atom. The molecule has 1 aliphatic rings. The molecule has 1 aliphatic heterocycles. The third kappa shape index (κ3) is 4.17. The average molecular weight is 380 g/mol. The molecule has 0 saturated carbocycles. The highest BCUT2D eigenvalue weighted by molar-refractivity contribution is 7.89. The van der Waals surface area contributed by atoms with Crippen molar-refractivity contribution in [2.45, 2.75) is 24.2 Å². The van der Waals surface area contributed by atoms with Crippen LogP contribution in [0.2, 0.25) is 5.02 Å². The summed E-state index contributed by atoms with van der Waals surface area (Å²) in [5.41, 5.74) is 1.31. The lowest BCUT2D eigenvalue weighted by molar-refractivity contribution is 0.272. The SMILES string of the molecule is COc1ccc(Cl)cc1S(=O)(=O)N1CCC(Cc2ccccc2)CC1. The predicted molar refractivity (Wildman–Crippen MR) is 99.6 cm³/mol. The van der Waals surface area contributed by atoms with Gasteiger partial charge < -0.3 is 4.74 Å². The van der Waals surface area contributed by atoms with Gasteiger partial charge in [0.25, 0.3) is 0 Å². The van der Waals surface area contributed by atoms with Crippen LogP contribution in [0.15, 0.2) is 53.4 Å². The van der Waals surface area contributed by atoms with Gasteiger partial charge in [0.2, 0.25) is 10.0 Å². The summed E-state index contributed by atoms with van der Waals surface area (Å²) in [6, 6.07) is 15.0. The van der Waals surface area contributed by atoms with E-state index in [1.165, 1.54) is 18.7 Å². The van der Waals surface area contributed by atoms with Gasteiger partial charge in [-0.3, -0.25) is 0 Å². The molecule has 0 radical (unpaired) electrons. The van der Waals surface area contributed by atoms with Gasteiger partial charge in [-0.25, -0.2) is 8.42 Å². The second kappa shape index (κ2) is 7.77. The third-order valence-corrected chi connectivity index (χ3v) is 6.84. The Hall–Kier alpha value is -1.56. The van der Waals surface area contributed by atoms with Gasteiger partial charge in [-0.2, -0.15) is 4.31 Å². The normalized spacial score (nSPS) is 16.7. The molecule has 0 bridgehead atoms. The van der Waals surface area contributed by atoms with Gasteiger partial charge in [0.05, 0.1) is 7.11 Å². The van der Waals surface area contributed by atoms with E-state index in [9.17, 15) is 8.42 Å². The van der Waals surface area contributed by atoms with Crippen molar-refractivity contribution in [2.75, 3.05) is 20.2 Å². The Morgan fingerprint density at radius 1 is 1.12 bits per heavy atom. The second-order valence-corrected chi connectivity index (χ2v) is 8.68. The molecule has 4 nitrogen and oxygen atoms in total. The van der Waals surface area contributed by atoms with Gasteiger partial charge in [-0.15, -0.1) is 0 Å². The van der Waals surface area contributed by atoms with E-state index in [1.54, 1.807) is 16.4 Å². The minimum absolute atomic E-state index is 0.143. The van der Waals surface area contributed by atoms with Crippen LogP contribution in [0.3, 0.4) is 0 Å². The number of benzene rings is 2. The monoisotopic (exact) mass is 379 g/mol. The van der Waals surface area contributed by atoms with Gasteiger partial charge >= 0.3 is 0 Å². The third-order valence-electron chi connectivity index (χ3n) is 4.68. The molecule has 1 heterocycles. The van der Waals surface area contributed by atoms with Crippen molar-refractivity contribution >= 4 is 21.6 Å². The number of hydrogen-bond acceptors (Lipinski definition) is 3. The van der Waals surface area contributed by atoms with Gasteiger partial charge in [0.15, 0.2) is 0 Å². The zero-order valence-corrected chi connectivity index (χ0v) is 15.8. The number of halogens is 1. The molecule has 0 N–H and O–H groups in total. The molecule has 6 heteroatoms. The first-order valence-electron chi connectivity index (χ1n) is 8.38. The summed E-state index contributed by atoms with van der Waals surface area (Å²) in [5.74, 6) is 0.839. The zero-order valence-electron chi connectivity index (χ0n) is 14.2. The number of piperidine rings is 1. The Morgan fingerprint density at radius 3 is 2.44 bits per heavy atom. The van der Waals surface area contributed by atoms with Crippen LogP contribution in [0, 0.1) is 5.92 Å². The molecule has 1 fully saturated rings. The molecule has 0 atom stereocenters. The number of hydrogen-bond donors (Lipinski definition) is 0. The Balaban J connectivity index is 1.71. The molecule has 0 unspecified atom stereocenters. The number of nitrogens with zero attached hydrogens (tertiary/aromatic N) is 1. The number of ether oxygens (including phenoxy) is 1. The molecule has 134 valence electrons. The van der Waals surface area contributed by atoms with E-state index in [0.29, 0.717) is 29.8 Å². The van der Waals surface area contributed by atoms with Gasteiger partial charge in [-0.05, 0) is 48.9 Å². The lowest BCUT2D eigenvalue weighted by Crippen LogP contribution is -2.39. The maximum atomic E-state index is 13.0. The fraction of sp³-hybridized carbons (Fsp3) is 0.368. The highest BCUT2D eigenvalue weighted by Gasteiger charge is 2.31. The van der Waals surface area contributed by atoms with E-state index in [0.717, 1.165) is 19.3 Å². The Kier molecular flexibility index (Phi) is 5.67. The van der Waals surface area contributed by atoms with Crippen LogP contribution in [0.4, 0.5) is 0 Å². The van der Waals surface area contributed by atoms with Crippen molar-refractivity contribution in [3.05, 3.63) is 59.1 Å². The standard InChI is InChI=1S/C19H22ClNO3S/c1-24-18-8-7-17(20)14-19(18)25(22,23)21-11-9-16(10-12-21)13-15-5-3-2-4-6-15/h2-8,14,16H,9-13H2,1H3. The van der Waals surface area contributed by atoms with E-state index in [4.69, 9.17) is 16.3 Å². The molecule has 1 saturated heterocycles. The maximum absolute atomic E-state index is 13.0. The average Bonchev–Trinajstić information content (AvgIpc) is 2.63. The molecule has 3 rings (SSSR count).